The summed E-state index contributed by atoms with van der Waals surface area (Å²) >= 11 is 0. The van der Waals surface area contributed by atoms with E-state index in [2.05, 4.69) is 72.4 Å². The van der Waals surface area contributed by atoms with Crippen molar-refractivity contribution in [3.8, 4) is 0 Å². The summed E-state index contributed by atoms with van der Waals surface area (Å²) in [4.78, 5) is 6.71. The fourth-order valence-corrected chi connectivity index (χ4v) is 2.42. The summed E-state index contributed by atoms with van der Waals surface area (Å²) < 4.78 is 0. The minimum absolute atomic E-state index is 0.438. The lowest BCUT2D eigenvalue weighted by atomic mass is 10.1. The van der Waals surface area contributed by atoms with Crippen LogP contribution in [0.5, 0.6) is 0 Å². The van der Waals surface area contributed by atoms with Crippen LogP contribution in [0.4, 0.5) is 5.69 Å². The zero-order chi connectivity index (χ0) is 15.1. The fourth-order valence-electron chi connectivity index (χ4n) is 2.42. The molecule has 0 saturated heterocycles. The molecule has 0 aliphatic rings. The Morgan fingerprint density at radius 3 is 2.57 bits per heavy atom. The number of hydrogen-bond acceptors (Lipinski definition) is 3. The zero-order valence-electron chi connectivity index (χ0n) is 13.2. The predicted molar refractivity (Wildman–Crippen MR) is 89.4 cm³/mol. The van der Waals surface area contributed by atoms with Crippen molar-refractivity contribution in [3.05, 3.63) is 59.9 Å². The van der Waals surface area contributed by atoms with Gasteiger partial charge in [0.15, 0.2) is 0 Å². The smallest absolute Gasteiger partial charge is 0.0448 e. The maximum Gasteiger partial charge on any atom is 0.0448 e. The van der Waals surface area contributed by atoms with Crippen LogP contribution in [0.1, 0.15) is 31.9 Å². The van der Waals surface area contributed by atoms with Gasteiger partial charge in [0.1, 0.15) is 0 Å². The van der Waals surface area contributed by atoms with Gasteiger partial charge in [0.05, 0.1) is 0 Å². The first kappa shape index (κ1) is 15.5. The number of rotatable bonds is 7. The molecule has 0 aliphatic carbocycles. The molecule has 0 fully saturated rings. The maximum atomic E-state index is 4.28. The fraction of sp³-hybridized carbons (Fsp3) is 0.389. The lowest BCUT2D eigenvalue weighted by Gasteiger charge is -2.31. The monoisotopic (exact) mass is 283 g/mol. The molecule has 0 bridgehead atoms. The van der Waals surface area contributed by atoms with Gasteiger partial charge in [-0.1, -0.05) is 37.3 Å². The number of nitrogens with one attached hydrogen (secondary N) is 1. The molecule has 0 spiro atoms. The van der Waals surface area contributed by atoms with Crippen molar-refractivity contribution < 1.29 is 0 Å². The average Bonchev–Trinajstić information content (AvgIpc) is 2.52. The number of anilines is 1. The van der Waals surface area contributed by atoms with Crippen LogP contribution in [-0.4, -0.2) is 17.6 Å². The molecule has 0 radical (unpaired) electrons. The first-order chi connectivity index (χ1) is 10.2. The molecule has 1 aromatic carbocycles. The Morgan fingerprint density at radius 2 is 1.90 bits per heavy atom. The highest BCUT2D eigenvalue weighted by Gasteiger charge is 2.14. The summed E-state index contributed by atoms with van der Waals surface area (Å²) in [6.45, 7) is 9.34. The lowest BCUT2D eigenvalue weighted by Crippen LogP contribution is -2.31. The molecule has 1 aromatic heterocycles. The van der Waals surface area contributed by atoms with Crippen LogP contribution in [-0.2, 0) is 13.1 Å². The summed E-state index contributed by atoms with van der Waals surface area (Å²) in [6.07, 6.45) is 3.85. The van der Waals surface area contributed by atoms with Crippen LogP contribution in [0.25, 0.3) is 0 Å². The van der Waals surface area contributed by atoms with Crippen molar-refractivity contribution in [1.82, 2.24) is 10.3 Å². The Balaban J connectivity index is 2.26. The first-order valence-electron chi connectivity index (χ1n) is 7.66. The van der Waals surface area contributed by atoms with E-state index in [1.54, 1.807) is 0 Å². The molecular weight excluding hydrogens is 258 g/mol. The molecule has 1 N–H and O–H groups in total. The Morgan fingerprint density at radius 1 is 1.14 bits per heavy atom. The summed E-state index contributed by atoms with van der Waals surface area (Å²) in [5, 5.41) is 3.40. The van der Waals surface area contributed by atoms with E-state index in [-0.39, 0.29) is 0 Å². The molecule has 1 heterocycles. The van der Waals surface area contributed by atoms with E-state index >= 15 is 0 Å². The molecule has 2 aromatic rings. The summed E-state index contributed by atoms with van der Waals surface area (Å²) in [6, 6.07) is 13.2. The summed E-state index contributed by atoms with van der Waals surface area (Å²) in [5.41, 5.74) is 3.85. The van der Waals surface area contributed by atoms with Gasteiger partial charge in [0.25, 0.3) is 0 Å². The maximum absolute atomic E-state index is 4.28. The lowest BCUT2D eigenvalue weighted by molar-refractivity contribution is 0.666. The van der Waals surface area contributed by atoms with Crippen LogP contribution in [0.2, 0.25) is 0 Å². The Hall–Kier alpha value is -1.87. The van der Waals surface area contributed by atoms with Crippen molar-refractivity contribution in [2.24, 2.45) is 0 Å². The highest BCUT2D eigenvalue weighted by atomic mass is 15.2. The zero-order valence-corrected chi connectivity index (χ0v) is 13.2. The topological polar surface area (TPSA) is 28.2 Å². The van der Waals surface area contributed by atoms with Gasteiger partial charge in [0.2, 0.25) is 0 Å². The molecule has 3 heteroatoms. The van der Waals surface area contributed by atoms with Crippen LogP contribution >= 0.6 is 0 Å². The molecular formula is C18H25N3. The number of hydrogen-bond donors (Lipinski definition) is 1. The van der Waals surface area contributed by atoms with Gasteiger partial charge >= 0.3 is 0 Å². The molecule has 3 nitrogen and oxygen atoms in total. The third-order valence-corrected chi connectivity index (χ3v) is 3.57. The van der Waals surface area contributed by atoms with Crippen LogP contribution in [0, 0.1) is 0 Å². The van der Waals surface area contributed by atoms with Crippen LogP contribution in [0.3, 0.4) is 0 Å². The minimum atomic E-state index is 0.438. The predicted octanol–water partition coefficient (Wildman–Crippen LogP) is 3.61. The van der Waals surface area contributed by atoms with Gasteiger partial charge in [-0.25, -0.2) is 0 Å². The van der Waals surface area contributed by atoms with Crippen LogP contribution < -0.4 is 10.2 Å². The molecule has 0 amide bonds. The van der Waals surface area contributed by atoms with Gasteiger partial charge in [0, 0.05) is 42.8 Å². The molecule has 0 aliphatic heterocycles. The molecule has 0 atom stereocenters. The van der Waals surface area contributed by atoms with Crippen molar-refractivity contribution in [1.29, 1.82) is 0 Å². The van der Waals surface area contributed by atoms with E-state index in [0.29, 0.717) is 6.04 Å². The number of aromatic nitrogens is 1. The van der Waals surface area contributed by atoms with Gasteiger partial charge < -0.3 is 10.2 Å². The van der Waals surface area contributed by atoms with E-state index in [1.165, 1.54) is 16.8 Å². The average molecular weight is 283 g/mol. The van der Waals surface area contributed by atoms with Crippen molar-refractivity contribution in [3.63, 3.8) is 0 Å². The SMILES string of the molecule is CCNCc1cnccc1N(Cc1ccccc1)C(C)C. The highest BCUT2D eigenvalue weighted by molar-refractivity contribution is 5.53. The van der Waals surface area contributed by atoms with Gasteiger partial charge in [-0.05, 0) is 32.0 Å². The molecule has 0 unspecified atom stereocenters. The van der Waals surface area contributed by atoms with Crippen molar-refractivity contribution in [2.45, 2.75) is 39.9 Å². The summed E-state index contributed by atoms with van der Waals surface area (Å²) in [7, 11) is 0. The largest absolute Gasteiger partial charge is 0.364 e. The minimum Gasteiger partial charge on any atom is -0.364 e. The van der Waals surface area contributed by atoms with E-state index in [9.17, 15) is 0 Å². The number of benzene rings is 1. The third kappa shape index (κ3) is 4.30. The first-order valence-corrected chi connectivity index (χ1v) is 7.66. The molecule has 112 valence electrons. The Bertz CT molecular complexity index is 537. The quantitative estimate of drug-likeness (QED) is 0.841. The second-order valence-electron chi connectivity index (χ2n) is 5.49. The van der Waals surface area contributed by atoms with E-state index in [1.807, 2.05) is 12.4 Å². The van der Waals surface area contributed by atoms with E-state index in [0.717, 1.165) is 19.6 Å². The number of nitrogens with zero attached hydrogens (tertiary/aromatic N) is 2. The Kier molecular flexibility index (Phi) is 5.76. The second-order valence-corrected chi connectivity index (χ2v) is 5.49. The third-order valence-electron chi connectivity index (χ3n) is 3.57. The number of pyridine rings is 1. The van der Waals surface area contributed by atoms with E-state index < -0.39 is 0 Å². The van der Waals surface area contributed by atoms with Crippen molar-refractivity contribution >= 4 is 5.69 Å². The van der Waals surface area contributed by atoms with Crippen LogP contribution in [0.15, 0.2) is 48.8 Å². The standard InChI is InChI=1S/C18H25N3/c1-4-19-12-17-13-20-11-10-18(17)21(15(2)3)14-16-8-6-5-7-9-16/h5-11,13,15,19H,4,12,14H2,1-3H3. The van der Waals surface area contributed by atoms with Gasteiger partial charge in [-0.3, -0.25) is 4.98 Å². The van der Waals surface area contributed by atoms with E-state index in [4.69, 9.17) is 0 Å². The summed E-state index contributed by atoms with van der Waals surface area (Å²) in [5.74, 6) is 0. The second kappa shape index (κ2) is 7.79. The van der Waals surface area contributed by atoms with Crippen molar-refractivity contribution in [2.75, 3.05) is 11.4 Å². The normalized spacial score (nSPS) is 10.9. The Labute approximate surface area is 128 Å². The molecule has 21 heavy (non-hydrogen) atoms. The molecule has 0 saturated carbocycles. The van der Waals surface area contributed by atoms with Gasteiger partial charge in [-0.2, -0.15) is 0 Å². The molecule has 2 rings (SSSR count). The van der Waals surface area contributed by atoms with Gasteiger partial charge in [-0.15, -0.1) is 0 Å². The highest BCUT2D eigenvalue weighted by Crippen LogP contribution is 2.24.